The summed E-state index contributed by atoms with van der Waals surface area (Å²) in [6, 6.07) is 12.9. The molecule has 0 spiro atoms. The Morgan fingerprint density at radius 1 is 1.16 bits per heavy atom. The summed E-state index contributed by atoms with van der Waals surface area (Å²) in [5.74, 6) is 0.101. The van der Waals surface area contributed by atoms with Gasteiger partial charge in [-0.05, 0) is 56.3 Å². The normalized spacial score (nSPS) is 11.4. The predicted molar refractivity (Wildman–Crippen MR) is 100 cm³/mol. The molecule has 2 aromatic carbocycles. The minimum Gasteiger partial charge on any atom is -0.484 e. The van der Waals surface area contributed by atoms with E-state index in [0.29, 0.717) is 11.4 Å². The highest BCUT2D eigenvalue weighted by atomic mass is 79.9. The van der Waals surface area contributed by atoms with Gasteiger partial charge in [0.1, 0.15) is 5.75 Å². The molecule has 0 aliphatic heterocycles. The van der Waals surface area contributed by atoms with Gasteiger partial charge in [0.15, 0.2) is 6.61 Å². The van der Waals surface area contributed by atoms with Crippen molar-refractivity contribution in [2.24, 2.45) is 0 Å². The number of amides is 1. The smallest absolute Gasteiger partial charge is 0.262 e. The van der Waals surface area contributed by atoms with Crippen molar-refractivity contribution in [3.8, 4) is 5.75 Å². The number of hydrogen-bond donors (Lipinski definition) is 2. The van der Waals surface area contributed by atoms with Gasteiger partial charge in [-0.1, -0.05) is 22.0 Å². The predicted octanol–water partition coefficient (Wildman–Crippen LogP) is 3.15. The fraction of sp³-hybridized carbons (Fsp3) is 0.235. The summed E-state index contributed by atoms with van der Waals surface area (Å²) in [6.45, 7) is 3.32. The third-order valence-electron chi connectivity index (χ3n) is 3.00. The van der Waals surface area contributed by atoms with Crippen LogP contribution >= 0.6 is 15.9 Å². The van der Waals surface area contributed by atoms with Crippen LogP contribution in [-0.2, 0) is 14.8 Å². The van der Waals surface area contributed by atoms with Gasteiger partial charge in [-0.25, -0.2) is 13.1 Å². The number of rotatable bonds is 7. The highest BCUT2D eigenvalue weighted by molar-refractivity contribution is 9.10. The van der Waals surface area contributed by atoms with Gasteiger partial charge in [-0.15, -0.1) is 0 Å². The third-order valence-corrected chi connectivity index (χ3v) is 5.17. The molecular weight excluding hydrogens is 408 g/mol. The zero-order valence-corrected chi connectivity index (χ0v) is 16.2. The molecule has 0 fully saturated rings. The van der Waals surface area contributed by atoms with Gasteiger partial charge in [0.2, 0.25) is 10.0 Å². The van der Waals surface area contributed by atoms with Crippen molar-refractivity contribution in [2.75, 3.05) is 11.9 Å². The first kappa shape index (κ1) is 19.4. The van der Waals surface area contributed by atoms with Crippen LogP contribution in [0.3, 0.4) is 0 Å². The van der Waals surface area contributed by atoms with Gasteiger partial charge in [0, 0.05) is 16.2 Å². The molecule has 2 N–H and O–H groups in total. The van der Waals surface area contributed by atoms with E-state index in [0.717, 1.165) is 4.47 Å². The van der Waals surface area contributed by atoms with Crippen LogP contribution in [0.1, 0.15) is 13.8 Å². The minimum absolute atomic E-state index is 0.145. The summed E-state index contributed by atoms with van der Waals surface area (Å²) in [6.07, 6.45) is 0. The van der Waals surface area contributed by atoms with Crippen LogP contribution in [0, 0.1) is 0 Å². The summed E-state index contributed by atoms with van der Waals surface area (Å²) >= 11 is 3.33. The van der Waals surface area contributed by atoms with Crippen molar-refractivity contribution in [3.63, 3.8) is 0 Å². The van der Waals surface area contributed by atoms with E-state index in [2.05, 4.69) is 26.0 Å². The van der Waals surface area contributed by atoms with Crippen molar-refractivity contribution in [2.45, 2.75) is 24.8 Å². The number of halogens is 1. The van der Waals surface area contributed by atoms with Gasteiger partial charge in [0.05, 0.1) is 4.90 Å². The van der Waals surface area contributed by atoms with Crippen LogP contribution in [0.15, 0.2) is 57.9 Å². The molecule has 0 aromatic heterocycles. The number of benzene rings is 2. The summed E-state index contributed by atoms with van der Waals surface area (Å²) in [5.41, 5.74) is 0.657. The molecule has 0 saturated heterocycles. The van der Waals surface area contributed by atoms with E-state index in [1.165, 1.54) is 24.3 Å². The van der Waals surface area contributed by atoms with E-state index in [4.69, 9.17) is 4.74 Å². The molecule has 0 aliphatic carbocycles. The fourth-order valence-corrected chi connectivity index (χ4v) is 3.66. The molecule has 6 nitrogen and oxygen atoms in total. The first-order chi connectivity index (χ1) is 11.8. The van der Waals surface area contributed by atoms with Crippen LogP contribution in [0.25, 0.3) is 0 Å². The Kier molecular flexibility index (Phi) is 6.57. The van der Waals surface area contributed by atoms with Crippen molar-refractivity contribution >= 4 is 37.5 Å². The Bertz CT molecular complexity index is 836. The zero-order valence-electron chi connectivity index (χ0n) is 13.8. The Balaban J connectivity index is 1.92. The van der Waals surface area contributed by atoms with Gasteiger partial charge in [-0.2, -0.15) is 0 Å². The molecule has 1 amide bonds. The molecule has 0 atom stereocenters. The number of anilines is 1. The quantitative estimate of drug-likeness (QED) is 0.711. The Hall–Kier alpha value is -1.90. The molecule has 8 heteroatoms. The molecule has 0 radical (unpaired) electrons. The van der Waals surface area contributed by atoms with Gasteiger partial charge in [0.25, 0.3) is 5.91 Å². The molecule has 0 aliphatic rings. The van der Waals surface area contributed by atoms with E-state index >= 15 is 0 Å². The van der Waals surface area contributed by atoms with Gasteiger partial charge in [-0.3, -0.25) is 4.79 Å². The number of hydrogen-bond acceptors (Lipinski definition) is 4. The van der Waals surface area contributed by atoms with Crippen molar-refractivity contribution in [1.82, 2.24) is 4.72 Å². The molecular formula is C17H19BrN2O4S. The van der Waals surface area contributed by atoms with Crippen LogP contribution in [0.4, 0.5) is 5.69 Å². The Morgan fingerprint density at radius 2 is 1.84 bits per heavy atom. The first-order valence-electron chi connectivity index (χ1n) is 7.57. The summed E-state index contributed by atoms with van der Waals surface area (Å²) < 4.78 is 32.8. The Labute approximate surface area is 155 Å². The van der Waals surface area contributed by atoms with E-state index in [-0.39, 0.29) is 23.5 Å². The van der Waals surface area contributed by atoms with Crippen molar-refractivity contribution in [1.29, 1.82) is 0 Å². The zero-order chi connectivity index (χ0) is 18.4. The summed E-state index contributed by atoms with van der Waals surface area (Å²) in [4.78, 5) is 12.0. The fourth-order valence-electron chi connectivity index (χ4n) is 2.01. The van der Waals surface area contributed by atoms with Crippen molar-refractivity contribution in [3.05, 3.63) is 53.0 Å². The molecule has 2 aromatic rings. The lowest BCUT2D eigenvalue weighted by atomic mass is 10.3. The van der Waals surface area contributed by atoms with Gasteiger partial charge >= 0.3 is 0 Å². The molecule has 0 bridgehead atoms. The van der Waals surface area contributed by atoms with Crippen LogP contribution in [-0.4, -0.2) is 27.0 Å². The topological polar surface area (TPSA) is 84.5 Å². The number of carbonyl (C=O) groups is 1. The van der Waals surface area contributed by atoms with E-state index in [1.54, 1.807) is 26.0 Å². The number of nitrogens with one attached hydrogen (secondary N) is 2. The van der Waals surface area contributed by atoms with Crippen LogP contribution in [0.2, 0.25) is 0 Å². The molecule has 0 heterocycles. The maximum Gasteiger partial charge on any atom is 0.262 e. The number of ether oxygens (including phenoxy) is 1. The van der Waals surface area contributed by atoms with E-state index in [9.17, 15) is 13.2 Å². The largest absolute Gasteiger partial charge is 0.484 e. The maximum atomic E-state index is 12.0. The first-order valence-corrected chi connectivity index (χ1v) is 9.84. The van der Waals surface area contributed by atoms with Crippen LogP contribution in [0.5, 0.6) is 5.75 Å². The van der Waals surface area contributed by atoms with E-state index < -0.39 is 10.0 Å². The van der Waals surface area contributed by atoms with Gasteiger partial charge < -0.3 is 10.1 Å². The van der Waals surface area contributed by atoms with Crippen LogP contribution < -0.4 is 14.8 Å². The SMILES string of the molecule is CC(C)NS(=O)(=O)c1ccc(OCC(=O)Nc2cccc(Br)c2)cc1. The summed E-state index contributed by atoms with van der Waals surface area (Å²) in [7, 11) is -3.54. The average Bonchev–Trinajstić information content (AvgIpc) is 2.52. The van der Waals surface area contributed by atoms with E-state index in [1.807, 2.05) is 12.1 Å². The Morgan fingerprint density at radius 3 is 2.44 bits per heavy atom. The highest BCUT2D eigenvalue weighted by Gasteiger charge is 2.15. The second-order valence-corrected chi connectivity index (χ2v) is 8.22. The third kappa shape index (κ3) is 6.15. The molecule has 0 unspecified atom stereocenters. The lowest BCUT2D eigenvalue weighted by molar-refractivity contribution is -0.118. The monoisotopic (exact) mass is 426 g/mol. The number of sulfonamides is 1. The second-order valence-electron chi connectivity index (χ2n) is 5.59. The minimum atomic E-state index is -3.54. The lowest BCUT2D eigenvalue weighted by Crippen LogP contribution is -2.30. The number of carbonyl (C=O) groups excluding carboxylic acids is 1. The van der Waals surface area contributed by atoms with Crippen molar-refractivity contribution < 1.29 is 17.9 Å². The summed E-state index contributed by atoms with van der Waals surface area (Å²) in [5, 5.41) is 2.71. The highest BCUT2D eigenvalue weighted by Crippen LogP contribution is 2.17. The maximum absolute atomic E-state index is 12.0. The molecule has 2 rings (SSSR count). The lowest BCUT2D eigenvalue weighted by Gasteiger charge is -2.11. The average molecular weight is 427 g/mol. The molecule has 0 saturated carbocycles. The second kappa shape index (κ2) is 8.46. The molecule has 134 valence electrons. The standard InChI is InChI=1S/C17H19BrN2O4S/c1-12(2)20-25(22,23)16-8-6-15(7-9-16)24-11-17(21)19-14-5-3-4-13(18)10-14/h3-10,12,20H,11H2,1-2H3,(H,19,21). The molecule has 25 heavy (non-hydrogen) atoms.